The maximum Gasteiger partial charge on any atom is 0.480 e. The van der Waals surface area contributed by atoms with E-state index in [9.17, 15) is 43.2 Å². The van der Waals surface area contributed by atoms with E-state index in [1.165, 1.54) is 0 Å². The molecule has 1 unspecified atom stereocenters. The second-order valence-electron chi connectivity index (χ2n) is 4.39. The molecule has 0 bridgehead atoms. The minimum Gasteiger partial charge on any atom is -0.421 e. The number of aromatic amines is 1. The molecular weight excluding hydrogens is 406 g/mol. The monoisotopic (exact) mass is 420 g/mol. The first-order valence-corrected chi connectivity index (χ1v) is 8.99. The second kappa shape index (κ2) is 7.88. The molecule has 0 aromatic carbocycles. The molecule has 0 saturated carbocycles. The Labute approximate surface area is 139 Å². The maximum absolute atomic E-state index is 11.4. The largest absolute Gasteiger partial charge is 0.480 e. The van der Waals surface area contributed by atoms with Gasteiger partial charge in [-0.15, -0.1) is 0 Å². The average molecular weight is 420 g/mol. The van der Waals surface area contributed by atoms with E-state index in [1.54, 1.807) is 0 Å². The van der Waals surface area contributed by atoms with Gasteiger partial charge < -0.3 is 9.86 Å². The van der Waals surface area contributed by atoms with E-state index in [-0.39, 0.29) is 6.04 Å². The minimum atomic E-state index is -6.72. The molecule has 8 nitrogen and oxygen atoms in total. The summed E-state index contributed by atoms with van der Waals surface area (Å²) in [4.78, 5) is 3.09. The molecule has 1 aromatic rings. The van der Waals surface area contributed by atoms with Gasteiger partial charge in [-0.3, -0.25) is 0 Å². The van der Waals surface area contributed by atoms with Crippen LogP contribution in [0.2, 0.25) is 0 Å². The van der Waals surface area contributed by atoms with Gasteiger partial charge in [0.05, 0.1) is 7.05 Å². The Morgan fingerprint density at radius 3 is 1.76 bits per heavy atom. The molecule has 148 valence electrons. The highest BCUT2D eigenvalue weighted by molar-refractivity contribution is 8.13. The van der Waals surface area contributed by atoms with Gasteiger partial charge in [-0.2, -0.15) is 26.3 Å². The van der Waals surface area contributed by atoms with Crippen LogP contribution in [0, 0.1) is 0 Å². The first-order valence-electron chi connectivity index (χ1n) is 6.11. The number of sulfonamides is 2. The predicted octanol–water partition coefficient (Wildman–Crippen LogP) is 1.31. The van der Waals surface area contributed by atoms with Gasteiger partial charge in [-0.1, -0.05) is 6.92 Å². The molecule has 0 amide bonds. The number of imidazole rings is 1. The summed E-state index contributed by atoms with van der Waals surface area (Å²) in [5, 5.41) is 0. The van der Waals surface area contributed by atoms with Crippen molar-refractivity contribution in [2.75, 3.05) is 0 Å². The number of hydrogen-bond acceptors (Lipinski definition) is 5. The fraction of sp³-hybridized carbons (Fsp3) is 0.667. The molecular formula is C9H14F6N4O4S2. The van der Waals surface area contributed by atoms with Crippen LogP contribution in [0.15, 0.2) is 12.4 Å². The molecule has 0 aliphatic heterocycles. The number of aryl methyl sites for hydroxylation is 1. The van der Waals surface area contributed by atoms with Crippen LogP contribution in [-0.2, 0) is 27.1 Å². The number of nitrogens with two attached hydrogens (primary N) is 1. The van der Waals surface area contributed by atoms with E-state index >= 15 is 0 Å². The van der Waals surface area contributed by atoms with E-state index in [0.29, 0.717) is 0 Å². The number of nitrogens with one attached hydrogen (secondary N) is 1. The van der Waals surface area contributed by atoms with Crippen LogP contribution in [0.1, 0.15) is 25.2 Å². The molecule has 1 rings (SSSR count). The molecule has 16 heteroatoms. The molecule has 1 heterocycles. The summed E-state index contributed by atoms with van der Waals surface area (Å²) in [6, 6.07) is 0.139. The fourth-order valence-corrected chi connectivity index (χ4v) is 2.90. The Kier molecular flexibility index (Phi) is 7.44. The van der Waals surface area contributed by atoms with Crippen molar-refractivity contribution in [2.24, 2.45) is 12.8 Å². The first kappa shape index (κ1) is 23.6. The summed E-state index contributed by atoms with van der Waals surface area (Å²) in [5.41, 5.74) is -6.62. The topological polar surface area (TPSA) is 128 Å². The standard InChI is InChI=1S/C7H13N3.C2F6NO4S2/c1-3-6(8)7-9-4-5-10(7)2;3-1(4,5)14(10,11)9-15(12,13)2(6,7)8/h4-6H,3,8H2,1-2H3;/q;-1/p+1. The highest BCUT2D eigenvalue weighted by Crippen LogP contribution is 2.36. The summed E-state index contributed by atoms with van der Waals surface area (Å²) in [7, 11) is -11.5. The lowest BCUT2D eigenvalue weighted by molar-refractivity contribution is -0.679. The van der Waals surface area contributed by atoms with Crippen molar-refractivity contribution in [3.8, 4) is 0 Å². The van der Waals surface area contributed by atoms with Crippen molar-refractivity contribution in [1.29, 1.82) is 0 Å². The molecule has 0 radical (unpaired) electrons. The zero-order valence-electron chi connectivity index (χ0n) is 12.6. The third kappa shape index (κ3) is 6.44. The number of halogens is 6. The molecule has 0 saturated heterocycles. The zero-order chi connectivity index (χ0) is 20.3. The molecule has 3 N–H and O–H groups in total. The van der Waals surface area contributed by atoms with E-state index in [1.807, 2.05) is 24.0 Å². The van der Waals surface area contributed by atoms with Gasteiger partial charge in [0.15, 0.2) is 20.0 Å². The number of H-pyrrole nitrogens is 1. The van der Waals surface area contributed by atoms with Crippen LogP contribution in [-0.4, -0.2) is 32.8 Å². The highest BCUT2D eigenvalue weighted by Gasteiger charge is 2.46. The number of nitrogens with zero attached hydrogens (tertiary/aromatic N) is 2. The number of aromatic nitrogens is 2. The molecule has 1 aromatic heterocycles. The van der Waals surface area contributed by atoms with Gasteiger partial charge in [0.25, 0.3) is 5.82 Å². The van der Waals surface area contributed by atoms with Crippen LogP contribution in [0.4, 0.5) is 26.3 Å². The van der Waals surface area contributed by atoms with Crippen LogP contribution >= 0.6 is 0 Å². The summed E-state index contributed by atoms with van der Waals surface area (Å²) >= 11 is 0. The Morgan fingerprint density at radius 1 is 1.12 bits per heavy atom. The van der Waals surface area contributed by atoms with E-state index < -0.39 is 31.1 Å². The molecule has 0 aliphatic rings. The third-order valence-electron chi connectivity index (χ3n) is 2.48. The van der Waals surface area contributed by atoms with Crippen molar-refractivity contribution in [1.82, 2.24) is 4.98 Å². The van der Waals surface area contributed by atoms with Crippen molar-refractivity contribution in [3.63, 3.8) is 0 Å². The lowest BCUT2D eigenvalue weighted by Crippen LogP contribution is -2.34. The van der Waals surface area contributed by atoms with Crippen molar-refractivity contribution in [2.45, 2.75) is 30.4 Å². The lowest BCUT2D eigenvalue weighted by Gasteiger charge is -2.22. The fourth-order valence-electron chi connectivity index (χ4n) is 1.19. The SMILES string of the molecule is CCC(N)c1[nH]cc[n+]1C.O=S(=O)([N-]S(=O)(=O)C(F)(F)F)C(F)(F)F. The van der Waals surface area contributed by atoms with E-state index in [0.717, 1.165) is 16.4 Å². The van der Waals surface area contributed by atoms with Crippen LogP contribution in [0.3, 0.4) is 0 Å². The first-order chi connectivity index (χ1) is 11.0. The summed E-state index contributed by atoms with van der Waals surface area (Å²) < 4.78 is 111. The second-order valence-corrected chi connectivity index (χ2v) is 7.81. The van der Waals surface area contributed by atoms with E-state index in [2.05, 4.69) is 11.9 Å². The quantitative estimate of drug-likeness (QED) is 0.561. The average Bonchev–Trinajstić information content (AvgIpc) is 2.81. The lowest BCUT2D eigenvalue weighted by atomic mass is 10.2. The van der Waals surface area contributed by atoms with Gasteiger partial charge in [0.2, 0.25) is 0 Å². The molecule has 0 spiro atoms. The van der Waals surface area contributed by atoms with Crippen molar-refractivity contribution >= 4 is 20.0 Å². The minimum absolute atomic E-state index is 0.139. The van der Waals surface area contributed by atoms with Gasteiger partial charge in [0.1, 0.15) is 18.4 Å². The number of rotatable bonds is 4. The summed E-state index contributed by atoms with van der Waals surface area (Å²) in [6.45, 7) is 2.07. The van der Waals surface area contributed by atoms with Crippen molar-refractivity contribution < 1.29 is 47.7 Å². The summed E-state index contributed by atoms with van der Waals surface area (Å²) in [5.74, 6) is 1.09. The Balaban J connectivity index is 0.000000496. The van der Waals surface area contributed by atoms with Gasteiger partial charge >= 0.3 is 11.0 Å². The number of alkyl halides is 6. The van der Waals surface area contributed by atoms with Gasteiger partial charge in [-0.25, -0.2) is 26.4 Å². The van der Waals surface area contributed by atoms with Crippen molar-refractivity contribution in [3.05, 3.63) is 22.3 Å². The predicted molar refractivity (Wildman–Crippen MR) is 72.5 cm³/mol. The molecule has 0 fully saturated rings. The number of hydrogen-bond donors (Lipinski definition) is 2. The molecule has 1 atom stereocenters. The van der Waals surface area contributed by atoms with Gasteiger partial charge in [-0.05, 0) is 6.42 Å². The van der Waals surface area contributed by atoms with Crippen LogP contribution in [0.5, 0.6) is 0 Å². The van der Waals surface area contributed by atoms with Gasteiger partial charge in [0, 0.05) is 0 Å². The van der Waals surface area contributed by atoms with Crippen LogP contribution in [0.25, 0.3) is 4.13 Å². The highest BCUT2D eigenvalue weighted by atomic mass is 32.3. The van der Waals surface area contributed by atoms with E-state index in [4.69, 9.17) is 5.73 Å². The third-order valence-corrected chi connectivity index (χ3v) is 5.22. The maximum atomic E-state index is 11.4. The Bertz CT molecular complexity index is 727. The normalized spacial score (nSPS) is 14.6. The molecule has 25 heavy (non-hydrogen) atoms. The molecule has 0 aliphatic carbocycles. The Morgan fingerprint density at radius 2 is 1.52 bits per heavy atom. The smallest absolute Gasteiger partial charge is 0.421 e. The van der Waals surface area contributed by atoms with Crippen LogP contribution < -0.4 is 10.3 Å². The zero-order valence-corrected chi connectivity index (χ0v) is 14.3. The Hall–Kier alpha value is -1.39. The summed E-state index contributed by atoms with van der Waals surface area (Å²) in [6.07, 6.45) is 4.82.